The fourth-order valence-electron chi connectivity index (χ4n) is 2.93. The molecule has 2 aromatic rings. The summed E-state index contributed by atoms with van der Waals surface area (Å²) in [7, 11) is 0. The quantitative estimate of drug-likeness (QED) is 0.869. The molecule has 8 nitrogen and oxygen atoms in total. The first kappa shape index (κ1) is 15.9. The van der Waals surface area contributed by atoms with Crippen molar-refractivity contribution in [3.8, 4) is 10.6 Å². The molecule has 0 bridgehead atoms. The van der Waals surface area contributed by atoms with Crippen LogP contribution in [0.3, 0.4) is 0 Å². The first-order chi connectivity index (χ1) is 12.0. The van der Waals surface area contributed by atoms with Crippen LogP contribution in [0.1, 0.15) is 21.8 Å². The van der Waals surface area contributed by atoms with E-state index in [-0.39, 0.29) is 6.54 Å². The molecule has 0 saturated carbocycles. The first-order valence-electron chi connectivity index (χ1n) is 7.79. The monoisotopic (exact) mass is 363 g/mol. The van der Waals surface area contributed by atoms with Crippen LogP contribution >= 0.6 is 11.3 Å². The molecule has 2 amide bonds. The normalized spacial score (nSPS) is 20.0. The zero-order valence-electron chi connectivity index (χ0n) is 13.1. The van der Waals surface area contributed by atoms with Crippen LogP contribution in [-0.4, -0.2) is 62.8 Å². The Labute approximate surface area is 145 Å². The van der Waals surface area contributed by atoms with Crippen LogP contribution in [0.15, 0.2) is 12.4 Å². The standard InChI is InChI=1S/C15H14FN5O3S/c16-9-1-3-20(7-9)14-17-5-8(6-18-14)12-19-10-2-4-21(15(23)24)13(22)11(10)25-12/h5-6,9H,1-4,7H2,(H,23,24). The third-order valence-corrected chi connectivity index (χ3v) is 5.37. The van der Waals surface area contributed by atoms with Crippen LogP contribution in [0.2, 0.25) is 0 Å². The van der Waals surface area contributed by atoms with E-state index in [9.17, 15) is 14.0 Å². The molecule has 0 radical (unpaired) electrons. The van der Waals surface area contributed by atoms with Crippen LogP contribution in [0.5, 0.6) is 0 Å². The lowest BCUT2D eigenvalue weighted by Crippen LogP contribution is -2.40. The average molecular weight is 363 g/mol. The number of amides is 2. The number of alkyl halides is 1. The van der Waals surface area contributed by atoms with E-state index in [0.29, 0.717) is 53.0 Å². The second-order valence-electron chi connectivity index (χ2n) is 5.89. The number of halogens is 1. The predicted octanol–water partition coefficient (Wildman–Crippen LogP) is 1.82. The van der Waals surface area contributed by atoms with Gasteiger partial charge in [-0.05, 0) is 6.42 Å². The van der Waals surface area contributed by atoms with Gasteiger partial charge >= 0.3 is 6.09 Å². The molecule has 4 heterocycles. The molecule has 1 N–H and O–H groups in total. The highest BCUT2D eigenvalue weighted by molar-refractivity contribution is 7.17. The Morgan fingerprint density at radius 2 is 2.08 bits per heavy atom. The van der Waals surface area contributed by atoms with Crippen LogP contribution in [0, 0.1) is 0 Å². The maximum atomic E-state index is 13.3. The van der Waals surface area contributed by atoms with Crippen molar-refractivity contribution >= 4 is 29.3 Å². The van der Waals surface area contributed by atoms with Gasteiger partial charge in [-0.15, -0.1) is 11.3 Å². The lowest BCUT2D eigenvalue weighted by molar-refractivity contribution is 0.0731. The maximum absolute atomic E-state index is 13.3. The number of thiazole rings is 1. The Morgan fingerprint density at radius 3 is 2.72 bits per heavy atom. The van der Waals surface area contributed by atoms with E-state index in [4.69, 9.17) is 5.11 Å². The highest BCUT2D eigenvalue weighted by Crippen LogP contribution is 2.31. The summed E-state index contributed by atoms with van der Waals surface area (Å²) in [5.74, 6) is -0.0700. The van der Waals surface area contributed by atoms with Crippen LogP contribution in [0.25, 0.3) is 10.6 Å². The van der Waals surface area contributed by atoms with E-state index in [1.54, 1.807) is 17.3 Å². The van der Waals surface area contributed by atoms with Gasteiger partial charge in [-0.1, -0.05) is 0 Å². The fraction of sp³-hybridized carbons (Fsp3) is 0.400. The molecule has 0 spiro atoms. The van der Waals surface area contributed by atoms with Gasteiger partial charge in [-0.25, -0.2) is 29.0 Å². The molecule has 0 aliphatic carbocycles. The van der Waals surface area contributed by atoms with Crippen LogP contribution < -0.4 is 4.90 Å². The Balaban J connectivity index is 1.58. The Morgan fingerprint density at radius 1 is 1.32 bits per heavy atom. The van der Waals surface area contributed by atoms with Gasteiger partial charge in [0.25, 0.3) is 5.91 Å². The first-order valence-corrected chi connectivity index (χ1v) is 8.60. The van der Waals surface area contributed by atoms with Crippen molar-refractivity contribution in [2.45, 2.75) is 19.0 Å². The van der Waals surface area contributed by atoms with Gasteiger partial charge in [0.1, 0.15) is 16.1 Å². The Bertz CT molecular complexity index is 840. The average Bonchev–Trinajstić information content (AvgIpc) is 3.22. The van der Waals surface area contributed by atoms with Crippen LogP contribution in [0.4, 0.5) is 15.1 Å². The number of rotatable bonds is 2. The summed E-state index contributed by atoms with van der Waals surface area (Å²) in [5, 5.41) is 9.62. The van der Waals surface area contributed by atoms with Crippen molar-refractivity contribution in [3.63, 3.8) is 0 Å². The number of hydrogen-bond acceptors (Lipinski definition) is 7. The summed E-state index contributed by atoms with van der Waals surface area (Å²) in [6, 6.07) is 0. The molecular formula is C15H14FN5O3S. The summed E-state index contributed by atoms with van der Waals surface area (Å²) in [6.07, 6.45) is 1.96. The number of imide groups is 1. The summed E-state index contributed by atoms with van der Waals surface area (Å²) < 4.78 is 13.3. The number of hydrogen-bond donors (Lipinski definition) is 1. The molecule has 0 aromatic carbocycles. The molecule has 2 aromatic heterocycles. The number of fused-ring (bicyclic) bond motifs is 1. The molecule has 2 aliphatic heterocycles. The van der Waals surface area contributed by atoms with E-state index in [1.165, 1.54) is 0 Å². The second kappa shape index (κ2) is 6.03. The minimum Gasteiger partial charge on any atom is -0.465 e. The van der Waals surface area contributed by atoms with Gasteiger partial charge in [0.2, 0.25) is 5.95 Å². The number of aromatic nitrogens is 3. The van der Waals surface area contributed by atoms with Crippen molar-refractivity contribution in [1.29, 1.82) is 0 Å². The lowest BCUT2D eigenvalue weighted by atomic mass is 10.2. The molecule has 1 unspecified atom stereocenters. The largest absolute Gasteiger partial charge is 0.465 e. The molecule has 25 heavy (non-hydrogen) atoms. The van der Waals surface area contributed by atoms with Gasteiger partial charge in [0.05, 0.1) is 12.2 Å². The zero-order chi connectivity index (χ0) is 17.6. The SMILES string of the molecule is O=C(O)N1CCc2nc(-c3cnc(N4CCC(F)C4)nc3)sc2C1=O. The Kier molecular flexibility index (Phi) is 3.83. The summed E-state index contributed by atoms with van der Waals surface area (Å²) in [5.41, 5.74) is 1.25. The third-order valence-electron chi connectivity index (χ3n) is 4.24. The summed E-state index contributed by atoms with van der Waals surface area (Å²) in [6.45, 7) is 0.995. The third kappa shape index (κ3) is 2.82. The molecule has 10 heteroatoms. The second-order valence-corrected chi connectivity index (χ2v) is 6.89. The van der Waals surface area contributed by atoms with Gasteiger partial charge in [0, 0.05) is 37.5 Å². The molecule has 1 fully saturated rings. The highest BCUT2D eigenvalue weighted by Gasteiger charge is 2.32. The number of carbonyl (C=O) groups is 2. The van der Waals surface area contributed by atoms with Gasteiger partial charge in [0.15, 0.2) is 0 Å². The van der Waals surface area contributed by atoms with Gasteiger partial charge in [-0.2, -0.15) is 0 Å². The molecular weight excluding hydrogens is 349 g/mol. The zero-order valence-corrected chi connectivity index (χ0v) is 13.9. The number of carbonyl (C=O) groups excluding carboxylic acids is 1. The molecule has 130 valence electrons. The fourth-order valence-corrected chi connectivity index (χ4v) is 3.97. The Hall–Kier alpha value is -2.62. The van der Waals surface area contributed by atoms with E-state index in [0.717, 1.165) is 16.2 Å². The highest BCUT2D eigenvalue weighted by atomic mass is 32.1. The van der Waals surface area contributed by atoms with E-state index in [1.807, 2.05) is 0 Å². The molecule has 4 rings (SSSR count). The number of anilines is 1. The number of nitrogens with zero attached hydrogens (tertiary/aromatic N) is 5. The van der Waals surface area contributed by atoms with Crippen molar-refractivity contribution in [3.05, 3.63) is 23.0 Å². The smallest absolute Gasteiger partial charge is 0.414 e. The van der Waals surface area contributed by atoms with Crippen molar-refractivity contribution < 1.29 is 19.1 Å². The van der Waals surface area contributed by atoms with Crippen molar-refractivity contribution in [1.82, 2.24) is 19.9 Å². The van der Waals surface area contributed by atoms with Crippen LogP contribution in [-0.2, 0) is 6.42 Å². The topological polar surface area (TPSA) is 99.5 Å². The molecule has 1 saturated heterocycles. The number of carboxylic acid groups (broad SMARTS) is 1. The van der Waals surface area contributed by atoms with E-state index in [2.05, 4.69) is 15.0 Å². The molecule has 2 aliphatic rings. The molecule has 1 atom stereocenters. The minimum absolute atomic E-state index is 0.110. The van der Waals surface area contributed by atoms with Gasteiger partial charge < -0.3 is 10.0 Å². The van der Waals surface area contributed by atoms with Gasteiger partial charge in [-0.3, -0.25) is 4.79 Å². The predicted molar refractivity (Wildman–Crippen MR) is 87.6 cm³/mol. The maximum Gasteiger partial charge on any atom is 0.414 e. The summed E-state index contributed by atoms with van der Waals surface area (Å²) >= 11 is 1.14. The minimum atomic E-state index is -1.25. The van der Waals surface area contributed by atoms with E-state index < -0.39 is 18.2 Å². The lowest BCUT2D eigenvalue weighted by Gasteiger charge is -2.20. The van der Waals surface area contributed by atoms with E-state index >= 15 is 0 Å². The van der Waals surface area contributed by atoms with Crippen molar-refractivity contribution in [2.24, 2.45) is 0 Å². The summed E-state index contributed by atoms with van der Waals surface area (Å²) in [4.78, 5) is 39.2. The van der Waals surface area contributed by atoms with Crippen molar-refractivity contribution in [2.75, 3.05) is 24.5 Å².